The second kappa shape index (κ2) is 7.61. The lowest BCUT2D eigenvalue weighted by Gasteiger charge is -2.10. The van der Waals surface area contributed by atoms with Crippen molar-refractivity contribution in [3.63, 3.8) is 0 Å². The minimum absolute atomic E-state index is 0.0909. The molecule has 1 aromatic heterocycles. The molecule has 2 aromatic rings. The lowest BCUT2D eigenvalue weighted by atomic mass is 10.2. The Morgan fingerprint density at radius 1 is 1.50 bits per heavy atom. The first kappa shape index (κ1) is 16.8. The number of rotatable bonds is 4. The number of thiocarbonyl (C=S) groups is 1. The number of hydrogen-bond acceptors (Lipinski definition) is 5. The van der Waals surface area contributed by atoms with Gasteiger partial charge in [-0.15, -0.1) is 0 Å². The number of nitrogens with zero attached hydrogens (tertiary/aromatic N) is 4. The van der Waals surface area contributed by atoms with E-state index in [2.05, 4.69) is 42.1 Å². The number of benzene rings is 1. The van der Waals surface area contributed by atoms with Gasteiger partial charge >= 0.3 is 0 Å². The average molecular weight is 404 g/mol. The topological polar surface area (TPSA) is 84.7 Å². The summed E-state index contributed by atoms with van der Waals surface area (Å²) >= 11 is 14.4. The van der Waals surface area contributed by atoms with Crippen LogP contribution in [0.25, 0.3) is 0 Å². The number of halogens is 2. The predicted molar refractivity (Wildman–Crippen MR) is 90.9 cm³/mol. The Hall–Kier alpha value is -1.58. The van der Waals surface area contributed by atoms with Gasteiger partial charge in [0.25, 0.3) is 5.91 Å². The van der Waals surface area contributed by atoms with E-state index in [9.17, 15) is 4.79 Å². The van der Waals surface area contributed by atoms with Gasteiger partial charge < -0.3 is 0 Å². The largest absolute Gasteiger partial charge is 0.300 e. The molecule has 2 rings (SSSR count). The first-order valence-electron chi connectivity index (χ1n) is 6.34. The molecule has 0 aliphatic carbocycles. The van der Waals surface area contributed by atoms with Crippen molar-refractivity contribution in [3.05, 3.63) is 33.3 Å². The van der Waals surface area contributed by atoms with Crippen LogP contribution < -0.4 is 10.6 Å². The van der Waals surface area contributed by atoms with Gasteiger partial charge in [-0.2, -0.15) is 0 Å². The van der Waals surface area contributed by atoms with Crippen LogP contribution in [0.2, 0.25) is 5.02 Å². The molecule has 1 amide bonds. The van der Waals surface area contributed by atoms with E-state index in [1.54, 1.807) is 22.9 Å². The molecule has 0 bridgehead atoms. The average Bonchev–Trinajstić information content (AvgIpc) is 2.89. The lowest BCUT2D eigenvalue weighted by Crippen LogP contribution is -2.35. The van der Waals surface area contributed by atoms with Crippen LogP contribution in [-0.4, -0.2) is 31.2 Å². The summed E-state index contributed by atoms with van der Waals surface area (Å²) in [5, 5.41) is 16.9. The lowest BCUT2D eigenvalue weighted by molar-refractivity contribution is 0.0978. The Labute approximate surface area is 145 Å². The highest BCUT2D eigenvalue weighted by Gasteiger charge is 2.14. The molecule has 1 aromatic carbocycles. The molecule has 0 aliphatic heterocycles. The monoisotopic (exact) mass is 402 g/mol. The van der Waals surface area contributed by atoms with Gasteiger partial charge in [-0.3, -0.25) is 15.4 Å². The van der Waals surface area contributed by atoms with Crippen molar-refractivity contribution in [2.24, 2.45) is 0 Å². The summed E-state index contributed by atoms with van der Waals surface area (Å²) in [5.74, 6) is -0.0502. The van der Waals surface area contributed by atoms with E-state index >= 15 is 0 Å². The number of carbonyl (C=O) groups excluding carboxylic acids is 1. The van der Waals surface area contributed by atoms with Gasteiger partial charge in [0.15, 0.2) is 5.11 Å². The molecule has 0 saturated heterocycles. The molecular formula is C12H12BrClN6OS. The van der Waals surface area contributed by atoms with Crippen LogP contribution in [0, 0.1) is 0 Å². The highest BCUT2D eigenvalue weighted by atomic mass is 79.9. The number of anilines is 1. The molecule has 2 N–H and O–H groups in total. The standard InChI is InChI=1S/C12H12BrClN6OS/c1-2-5-20-11(17-18-19-20)16-12(22)15-10(21)8-6-7(13)3-4-9(8)14/h3-4,6H,2,5H2,1H3,(H2,15,16,17,19,21,22). The number of amides is 1. The van der Waals surface area contributed by atoms with Crippen LogP contribution in [0.1, 0.15) is 23.7 Å². The molecule has 0 unspecified atom stereocenters. The number of aromatic nitrogens is 4. The highest BCUT2D eigenvalue weighted by molar-refractivity contribution is 9.10. The third kappa shape index (κ3) is 4.21. The van der Waals surface area contributed by atoms with Crippen molar-refractivity contribution in [3.8, 4) is 0 Å². The highest BCUT2D eigenvalue weighted by Crippen LogP contribution is 2.20. The summed E-state index contributed by atoms with van der Waals surface area (Å²) in [6.07, 6.45) is 0.868. The van der Waals surface area contributed by atoms with Gasteiger partial charge in [0, 0.05) is 11.0 Å². The first-order valence-corrected chi connectivity index (χ1v) is 7.92. The summed E-state index contributed by atoms with van der Waals surface area (Å²) < 4.78 is 2.30. The molecule has 1 heterocycles. The molecule has 0 fully saturated rings. The van der Waals surface area contributed by atoms with Crippen molar-refractivity contribution in [2.45, 2.75) is 19.9 Å². The smallest absolute Gasteiger partial charge is 0.258 e. The van der Waals surface area contributed by atoms with Crippen LogP contribution >= 0.6 is 39.7 Å². The van der Waals surface area contributed by atoms with Gasteiger partial charge in [0.2, 0.25) is 5.95 Å². The summed E-state index contributed by atoms with van der Waals surface area (Å²) in [5.41, 5.74) is 0.313. The van der Waals surface area contributed by atoms with E-state index < -0.39 is 5.91 Å². The molecule has 0 saturated carbocycles. The molecule has 0 spiro atoms. The van der Waals surface area contributed by atoms with Crippen LogP contribution in [0.3, 0.4) is 0 Å². The third-order valence-corrected chi connectivity index (χ3v) is 3.62. The molecule has 7 nitrogen and oxygen atoms in total. The second-order valence-corrected chi connectivity index (χ2v) is 5.99. The van der Waals surface area contributed by atoms with E-state index in [0.29, 0.717) is 23.1 Å². The Morgan fingerprint density at radius 2 is 2.27 bits per heavy atom. The van der Waals surface area contributed by atoms with Gasteiger partial charge in [0.1, 0.15) is 0 Å². The molecule has 0 atom stereocenters. The molecule has 116 valence electrons. The fourth-order valence-corrected chi connectivity index (χ4v) is 2.38. The van der Waals surface area contributed by atoms with E-state index in [-0.39, 0.29) is 5.11 Å². The van der Waals surface area contributed by atoms with Gasteiger partial charge in [-0.25, -0.2) is 4.68 Å². The minimum Gasteiger partial charge on any atom is -0.300 e. The minimum atomic E-state index is -0.418. The zero-order valence-corrected chi connectivity index (χ0v) is 14.7. The van der Waals surface area contributed by atoms with Gasteiger partial charge in [-0.1, -0.05) is 39.6 Å². The van der Waals surface area contributed by atoms with Crippen molar-refractivity contribution in [1.82, 2.24) is 25.5 Å². The Balaban J connectivity index is 2.04. The summed E-state index contributed by atoms with van der Waals surface area (Å²) in [4.78, 5) is 12.2. The normalized spacial score (nSPS) is 10.3. The number of tetrazole rings is 1. The second-order valence-electron chi connectivity index (χ2n) is 4.26. The van der Waals surface area contributed by atoms with Crippen LogP contribution in [0.15, 0.2) is 22.7 Å². The van der Waals surface area contributed by atoms with Crippen molar-refractivity contribution < 1.29 is 4.79 Å². The SMILES string of the molecule is CCCn1nnnc1NC(=S)NC(=O)c1cc(Br)ccc1Cl. The van der Waals surface area contributed by atoms with Gasteiger partial charge in [0.05, 0.1) is 10.6 Å². The number of aryl methyl sites for hydroxylation is 1. The maximum Gasteiger partial charge on any atom is 0.258 e. The van der Waals surface area contributed by atoms with Crippen LogP contribution in [-0.2, 0) is 6.54 Å². The molecule has 22 heavy (non-hydrogen) atoms. The third-order valence-electron chi connectivity index (χ3n) is 2.59. The predicted octanol–water partition coefficient (Wildman–Crippen LogP) is 2.63. The van der Waals surface area contributed by atoms with E-state index in [1.165, 1.54) is 0 Å². The van der Waals surface area contributed by atoms with Crippen LogP contribution in [0.5, 0.6) is 0 Å². The Bertz CT molecular complexity index is 707. The number of carbonyl (C=O) groups is 1. The van der Waals surface area contributed by atoms with Crippen molar-refractivity contribution >= 4 is 56.7 Å². The zero-order chi connectivity index (χ0) is 16.1. The maximum absolute atomic E-state index is 12.2. The van der Waals surface area contributed by atoms with E-state index in [4.69, 9.17) is 23.8 Å². The first-order chi connectivity index (χ1) is 10.5. The maximum atomic E-state index is 12.2. The molecule has 0 radical (unpaired) electrons. The molecule has 0 aliphatic rings. The van der Waals surface area contributed by atoms with Gasteiger partial charge in [-0.05, 0) is 47.3 Å². The summed E-state index contributed by atoms with van der Waals surface area (Å²) in [6, 6.07) is 4.98. The van der Waals surface area contributed by atoms with E-state index in [1.807, 2.05) is 6.92 Å². The van der Waals surface area contributed by atoms with Crippen LogP contribution in [0.4, 0.5) is 5.95 Å². The quantitative estimate of drug-likeness (QED) is 0.764. The fraction of sp³-hybridized carbons (Fsp3) is 0.250. The summed E-state index contributed by atoms with van der Waals surface area (Å²) in [6.45, 7) is 2.64. The number of nitrogens with one attached hydrogen (secondary N) is 2. The molecular weight excluding hydrogens is 392 g/mol. The fourth-order valence-electron chi connectivity index (χ4n) is 1.63. The Kier molecular flexibility index (Phi) is 5.81. The van der Waals surface area contributed by atoms with Crippen molar-refractivity contribution in [2.75, 3.05) is 5.32 Å². The number of hydrogen-bond donors (Lipinski definition) is 2. The zero-order valence-electron chi connectivity index (χ0n) is 11.5. The van der Waals surface area contributed by atoms with Crippen molar-refractivity contribution in [1.29, 1.82) is 0 Å². The Morgan fingerprint density at radius 3 is 3.00 bits per heavy atom. The van der Waals surface area contributed by atoms with E-state index in [0.717, 1.165) is 10.9 Å². The summed E-state index contributed by atoms with van der Waals surface area (Å²) in [7, 11) is 0. The molecule has 10 heteroatoms.